The number of aliphatic hydroxyl groups is 1. The molecule has 256 valence electrons. The molecule has 4 atom stereocenters. The Morgan fingerprint density at radius 3 is 2.29 bits per heavy atom. The van der Waals surface area contributed by atoms with E-state index in [1.807, 2.05) is 88.2 Å². The Kier molecular flexibility index (Phi) is 8.12. The van der Waals surface area contributed by atoms with Crippen LogP contribution in [-0.4, -0.2) is 68.8 Å². The first-order chi connectivity index (χ1) is 22.4. The number of Topliss-reactive ketones (excluding diaryl/α,β-unsaturated/α-hetero) is 2. The first-order valence-electron chi connectivity index (χ1n) is 16.7. The van der Waals surface area contributed by atoms with Gasteiger partial charge in [-0.3, -0.25) is 14.5 Å². The number of ether oxygens (including phenoxy) is 1. The largest absolute Gasteiger partial charge is 0.507 e. The van der Waals surface area contributed by atoms with E-state index in [0.29, 0.717) is 24.2 Å². The molecule has 3 aliphatic rings. The Labute approximate surface area is 285 Å². The van der Waals surface area contributed by atoms with Crippen molar-refractivity contribution in [1.82, 2.24) is 10.1 Å². The van der Waals surface area contributed by atoms with Crippen molar-refractivity contribution in [2.24, 2.45) is 11.3 Å². The van der Waals surface area contributed by atoms with Crippen LogP contribution in [0.3, 0.4) is 0 Å². The molecule has 0 saturated heterocycles. The number of aryl methyl sites for hydroxylation is 1. The van der Waals surface area contributed by atoms with Crippen molar-refractivity contribution in [3.05, 3.63) is 81.6 Å². The summed E-state index contributed by atoms with van der Waals surface area (Å²) in [5.74, 6) is -1.25. The molecule has 6 rings (SSSR count). The zero-order valence-corrected chi connectivity index (χ0v) is 31.1. The molecule has 1 fully saturated rings. The number of benzene rings is 2. The van der Waals surface area contributed by atoms with Crippen molar-refractivity contribution in [2.45, 2.75) is 83.8 Å². The smallest absolute Gasteiger partial charge is 0.265 e. The van der Waals surface area contributed by atoms with Gasteiger partial charge in [0.25, 0.3) is 5.88 Å². The van der Waals surface area contributed by atoms with E-state index in [2.05, 4.69) is 45.1 Å². The van der Waals surface area contributed by atoms with Gasteiger partial charge in [-0.25, -0.2) is 0 Å². The molecule has 9 nitrogen and oxygen atoms in total. The van der Waals surface area contributed by atoms with Crippen LogP contribution in [0.4, 0.5) is 5.69 Å². The third-order valence-corrected chi connectivity index (χ3v) is 15.7. The molecule has 1 saturated carbocycles. The van der Waals surface area contributed by atoms with Crippen LogP contribution in [0.2, 0.25) is 18.1 Å². The van der Waals surface area contributed by atoms with Crippen LogP contribution in [0.15, 0.2) is 52.6 Å². The van der Waals surface area contributed by atoms with E-state index in [1.165, 1.54) is 0 Å². The first-order valence-corrected chi connectivity index (χ1v) is 19.6. The Morgan fingerprint density at radius 2 is 1.69 bits per heavy atom. The minimum Gasteiger partial charge on any atom is -0.507 e. The van der Waals surface area contributed by atoms with E-state index in [9.17, 15) is 5.11 Å². The van der Waals surface area contributed by atoms with Gasteiger partial charge in [0, 0.05) is 42.3 Å². The van der Waals surface area contributed by atoms with Gasteiger partial charge in [0.05, 0.1) is 6.04 Å². The summed E-state index contributed by atoms with van der Waals surface area (Å²) in [4.78, 5) is 35.0. The molecule has 1 aromatic heterocycles. The summed E-state index contributed by atoms with van der Waals surface area (Å²) in [6.45, 7) is 14.6. The van der Waals surface area contributed by atoms with Crippen molar-refractivity contribution < 1.29 is 28.4 Å². The first kappa shape index (κ1) is 34.1. The van der Waals surface area contributed by atoms with Crippen molar-refractivity contribution >= 4 is 31.3 Å². The SMILES string of the molecule is Cc1ccc(N(C)C)c2c1C(O)=C1C(=O)[C@]3(O[Si](C)(C)C(C)(C)C)C(=O)c4c(OCc5ccccc5)noc4[C@@H](N(C)C)[C@@H]3C[C@]1(C)C2. The lowest BCUT2D eigenvalue weighted by molar-refractivity contribution is -0.143. The zero-order valence-electron chi connectivity index (χ0n) is 30.1. The molecule has 3 aliphatic carbocycles. The summed E-state index contributed by atoms with van der Waals surface area (Å²) in [6, 6.07) is 13.1. The number of carbonyl (C=O) groups is 2. The van der Waals surface area contributed by atoms with Crippen LogP contribution in [0.5, 0.6) is 5.88 Å². The van der Waals surface area contributed by atoms with Crippen molar-refractivity contribution in [3.8, 4) is 5.88 Å². The highest BCUT2D eigenvalue weighted by Crippen LogP contribution is 2.62. The third kappa shape index (κ3) is 4.98. The van der Waals surface area contributed by atoms with Crippen LogP contribution in [-0.2, 0) is 22.2 Å². The molecule has 48 heavy (non-hydrogen) atoms. The molecule has 1 heterocycles. The van der Waals surface area contributed by atoms with Crippen LogP contribution in [0, 0.1) is 18.3 Å². The molecule has 0 spiro atoms. The van der Waals surface area contributed by atoms with Gasteiger partial charge in [0.1, 0.15) is 17.9 Å². The molecule has 1 N–H and O–H groups in total. The van der Waals surface area contributed by atoms with Crippen LogP contribution < -0.4 is 9.64 Å². The standard InChI is InChI=1S/C38H49N3O6Si/c1-22-17-18-26(40(6)7)24-19-37(5)20-25-30(41(8)9)32-28(35(39-46-32)45-21-23-15-13-12-14-16-23)33(43)38(25,47-48(10,11)36(2,3)4)34(44)29(37)31(42)27(22)24/h12-18,25,30,42H,19-21H2,1-11H3/t25-,30-,37-,38+/m0/s1. The average molecular weight is 672 g/mol. The molecule has 2 aromatic carbocycles. The maximum Gasteiger partial charge on any atom is 0.265 e. The number of anilines is 1. The predicted octanol–water partition coefficient (Wildman–Crippen LogP) is 7.31. The van der Waals surface area contributed by atoms with Gasteiger partial charge in [0.2, 0.25) is 11.6 Å². The molecular weight excluding hydrogens is 623 g/mol. The quantitative estimate of drug-likeness (QED) is 0.205. The lowest BCUT2D eigenvalue weighted by atomic mass is 9.51. The van der Waals surface area contributed by atoms with Crippen molar-refractivity contribution in [2.75, 3.05) is 33.1 Å². The second kappa shape index (κ2) is 11.4. The fourth-order valence-corrected chi connectivity index (χ4v) is 9.37. The topological polar surface area (TPSA) is 105 Å². The summed E-state index contributed by atoms with van der Waals surface area (Å²) in [6.07, 6.45) is 0.931. The minimum absolute atomic E-state index is 0.0437. The van der Waals surface area contributed by atoms with E-state index in [1.54, 1.807) is 0 Å². The van der Waals surface area contributed by atoms with Gasteiger partial charge in [-0.1, -0.05) is 64.1 Å². The molecule has 3 aromatic rings. The Balaban J connectivity index is 1.61. The van der Waals surface area contributed by atoms with Gasteiger partial charge >= 0.3 is 0 Å². The number of nitrogens with zero attached hydrogens (tertiary/aromatic N) is 3. The van der Waals surface area contributed by atoms with Crippen molar-refractivity contribution in [1.29, 1.82) is 0 Å². The van der Waals surface area contributed by atoms with Crippen LogP contribution in [0.1, 0.15) is 78.5 Å². The summed E-state index contributed by atoms with van der Waals surface area (Å²) >= 11 is 0. The normalized spacial score (nSPS) is 25.4. The van der Waals surface area contributed by atoms with Crippen LogP contribution >= 0.6 is 0 Å². The second-order valence-electron chi connectivity index (χ2n) is 16.1. The fraction of sp³-hybridized carbons (Fsp3) is 0.500. The summed E-state index contributed by atoms with van der Waals surface area (Å²) in [5, 5.41) is 16.2. The van der Waals surface area contributed by atoms with Gasteiger partial charge < -0.3 is 23.7 Å². The lowest BCUT2D eigenvalue weighted by Crippen LogP contribution is -2.69. The highest BCUT2D eigenvalue weighted by Gasteiger charge is 2.70. The van der Waals surface area contributed by atoms with Gasteiger partial charge in [-0.05, 0) is 79.9 Å². The number of aromatic nitrogens is 1. The minimum atomic E-state index is -2.82. The third-order valence-electron chi connectivity index (χ3n) is 11.3. The number of fused-ring (bicyclic) bond motifs is 4. The Morgan fingerprint density at radius 1 is 1.02 bits per heavy atom. The zero-order chi connectivity index (χ0) is 35.1. The Hall–Kier alpha value is -3.73. The monoisotopic (exact) mass is 671 g/mol. The van der Waals surface area contributed by atoms with Gasteiger partial charge in [0.15, 0.2) is 19.7 Å². The van der Waals surface area contributed by atoms with Crippen LogP contribution in [0.25, 0.3) is 5.76 Å². The predicted molar refractivity (Wildman–Crippen MR) is 189 cm³/mol. The van der Waals surface area contributed by atoms with E-state index in [0.717, 1.165) is 22.4 Å². The van der Waals surface area contributed by atoms with Crippen molar-refractivity contribution in [3.63, 3.8) is 0 Å². The van der Waals surface area contributed by atoms with Gasteiger partial charge in [-0.2, -0.15) is 0 Å². The number of hydrogen-bond acceptors (Lipinski definition) is 9. The van der Waals surface area contributed by atoms with E-state index in [-0.39, 0.29) is 34.4 Å². The summed E-state index contributed by atoms with van der Waals surface area (Å²) < 4.78 is 19.4. The highest BCUT2D eigenvalue weighted by molar-refractivity contribution is 6.74. The number of aliphatic hydroxyl groups excluding tert-OH is 1. The molecular formula is C38H49N3O6Si. The number of hydrogen-bond donors (Lipinski definition) is 1. The average Bonchev–Trinajstić information content (AvgIpc) is 3.40. The Bertz CT molecular complexity index is 1820. The number of carbonyl (C=O) groups excluding carboxylic acids is 2. The van der Waals surface area contributed by atoms with Gasteiger partial charge in [-0.15, -0.1) is 0 Å². The summed E-state index contributed by atoms with van der Waals surface area (Å²) in [7, 11) is 5.00. The fourth-order valence-electron chi connectivity index (χ4n) is 7.92. The second-order valence-corrected chi connectivity index (χ2v) is 20.8. The molecule has 0 aliphatic heterocycles. The lowest BCUT2D eigenvalue weighted by Gasteiger charge is -2.57. The molecule has 0 radical (unpaired) electrons. The number of ketones is 2. The van der Waals surface area contributed by atoms with E-state index >= 15 is 9.59 Å². The maximum absolute atomic E-state index is 15.6. The highest BCUT2D eigenvalue weighted by atomic mass is 28.4. The molecule has 10 heteroatoms. The number of rotatable bonds is 7. The molecule has 0 bridgehead atoms. The molecule has 0 unspecified atom stereocenters. The van der Waals surface area contributed by atoms with E-state index in [4.69, 9.17) is 13.7 Å². The maximum atomic E-state index is 15.6. The van der Waals surface area contributed by atoms with E-state index < -0.39 is 42.9 Å². The molecule has 0 amide bonds. The summed E-state index contributed by atoms with van der Waals surface area (Å²) in [5.41, 5.74) is 2.12.